The van der Waals surface area contributed by atoms with E-state index >= 15 is 0 Å². The zero-order valence-corrected chi connectivity index (χ0v) is 8.97. The molecule has 14 heavy (non-hydrogen) atoms. The highest BCUT2D eigenvalue weighted by Gasteiger charge is 2.38. The van der Waals surface area contributed by atoms with Crippen molar-refractivity contribution >= 4 is 0 Å². The Morgan fingerprint density at radius 1 is 1.14 bits per heavy atom. The zero-order valence-electron chi connectivity index (χ0n) is 8.97. The predicted molar refractivity (Wildman–Crippen MR) is 51.8 cm³/mol. The molecule has 4 nitrogen and oxygen atoms in total. The minimum atomic E-state index is -1.09. The summed E-state index contributed by atoms with van der Waals surface area (Å²) in [4.78, 5) is 0. The fourth-order valence-corrected chi connectivity index (χ4v) is 1.65. The first-order valence-electron chi connectivity index (χ1n) is 4.97. The third-order valence-electron chi connectivity index (χ3n) is 2.42. The Morgan fingerprint density at radius 2 is 1.71 bits per heavy atom. The summed E-state index contributed by atoms with van der Waals surface area (Å²) in [7, 11) is 0. The average Bonchev–Trinajstić information content (AvgIpc) is 2.04. The Morgan fingerprint density at radius 3 is 2.21 bits per heavy atom. The third kappa shape index (κ3) is 2.92. The SMILES string of the molecule is CC(C)(C)CC1OCC(O)C(O)C1O. The summed E-state index contributed by atoms with van der Waals surface area (Å²) in [5.74, 6) is 0. The summed E-state index contributed by atoms with van der Waals surface area (Å²) >= 11 is 0. The van der Waals surface area contributed by atoms with Crippen LogP contribution in [0.5, 0.6) is 0 Å². The van der Waals surface area contributed by atoms with Crippen LogP contribution in [0.3, 0.4) is 0 Å². The molecule has 1 rings (SSSR count). The van der Waals surface area contributed by atoms with Gasteiger partial charge < -0.3 is 20.1 Å². The first-order chi connectivity index (χ1) is 6.31. The van der Waals surface area contributed by atoms with Crippen LogP contribution < -0.4 is 0 Å². The molecule has 1 fully saturated rings. The molecule has 0 aromatic rings. The molecule has 1 aliphatic heterocycles. The maximum atomic E-state index is 9.64. The quantitative estimate of drug-likeness (QED) is 0.558. The Bertz CT molecular complexity index is 187. The summed E-state index contributed by atoms with van der Waals surface area (Å²) in [6.45, 7) is 6.22. The van der Waals surface area contributed by atoms with E-state index in [1.165, 1.54) is 0 Å². The molecule has 4 unspecified atom stereocenters. The molecule has 0 spiro atoms. The monoisotopic (exact) mass is 204 g/mol. The zero-order chi connectivity index (χ0) is 10.9. The summed E-state index contributed by atoms with van der Waals surface area (Å²) in [5, 5.41) is 28.3. The Kier molecular flexibility index (Phi) is 3.53. The third-order valence-corrected chi connectivity index (χ3v) is 2.42. The minimum absolute atomic E-state index is 0.0354. The van der Waals surface area contributed by atoms with Crippen molar-refractivity contribution < 1.29 is 20.1 Å². The molecule has 4 heteroatoms. The van der Waals surface area contributed by atoms with Crippen LogP contribution in [0.4, 0.5) is 0 Å². The summed E-state index contributed by atoms with van der Waals surface area (Å²) in [5.41, 5.74) is 0.0354. The van der Waals surface area contributed by atoms with Gasteiger partial charge in [-0.05, 0) is 11.8 Å². The van der Waals surface area contributed by atoms with E-state index in [0.717, 1.165) is 0 Å². The van der Waals surface area contributed by atoms with Crippen LogP contribution >= 0.6 is 0 Å². The normalized spacial score (nSPS) is 39.9. The van der Waals surface area contributed by atoms with Crippen LogP contribution in [0.25, 0.3) is 0 Å². The summed E-state index contributed by atoms with van der Waals surface area (Å²) in [6, 6.07) is 0. The molecular formula is C10H20O4. The van der Waals surface area contributed by atoms with Crippen molar-refractivity contribution in [2.45, 2.75) is 51.6 Å². The van der Waals surface area contributed by atoms with Gasteiger partial charge in [0.2, 0.25) is 0 Å². The summed E-state index contributed by atoms with van der Waals surface area (Å²) < 4.78 is 5.29. The van der Waals surface area contributed by atoms with Gasteiger partial charge in [0, 0.05) is 0 Å². The first-order valence-corrected chi connectivity index (χ1v) is 4.97. The van der Waals surface area contributed by atoms with Crippen molar-refractivity contribution in [2.24, 2.45) is 5.41 Å². The van der Waals surface area contributed by atoms with E-state index < -0.39 is 18.3 Å². The molecule has 0 aliphatic carbocycles. The highest BCUT2D eigenvalue weighted by molar-refractivity contribution is 4.88. The van der Waals surface area contributed by atoms with Crippen molar-refractivity contribution in [1.29, 1.82) is 0 Å². The number of hydrogen-bond acceptors (Lipinski definition) is 4. The second-order valence-corrected chi connectivity index (χ2v) is 5.19. The van der Waals surface area contributed by atoms with Crippen molar-refractivity contribution in [3.05, 3.63) is 0 Å². The van der Waals surface area contributed by atoms with Gasteiger partial charge in [0.15, 0.2) is 0 Å². The van der Waals surface area contributed by atoms with E-state index in [4.69, 9.17) is 4.74 Å². The lowest BCUT2D eigenvalue weighted by Crippen LogP contribution is -2.53. The second-order valence-electron chi connectivity index (χ2n) is 5.19. The van der Waals surface area contributed by atoms with Gasteiger partial charge in [-0.2, -0.15) is 0 Å². The molecule has 0 aromatic heterocycles. The van der Waals surface area contributed by atoms with Gasteiger partial charge in [-0.3, -0.25) is 0 Å². The van der Waals surface area contributed by atoms with Crippen molar-refractivity contribution in [3.8, 4) is 0 Å². The maximum Gasteiger partial charge on any atom is 0.111 e. The molecule has 1 heterocycles. The first kappa shape index (κ1) is 11.9. The van der Waals surface area contributed by atoms with Crippen LogP contribution in [0.2, 0.25) is 0 Å². The molecule has 0 saturated carbocycles. The van der Waals surface area contributed by atoms with Gasteiger partial charge in [-0.25, -0.2) is 0 Å². The largest absolute Gasteiger partial charge is 0.388 e. The van der Waals surface area contributed by atoms with Gasteiger partial charge in [-0.1, -0.05) is 20.8 Å². The van der Waals surface area contributed by atoms with Crippen LogP contribution in [0.15, 0.2) is 0 Å². The highest BCUT2D eigenvalue weighted by Crippen LogP contribution is 2.27. The molecule has 0 bridgehead atoms. The van der Waals surface area contributed by atoms with Crippen LogP contribution in [-0.2, 0) is 4.74 Å². The fraction of sp³-hybridized carbons (Fsp3) is 1.00. The lowest BCUT2D eigenvalue weighted by atomic mass is 9.85. The number of ether oxygens (including phenoxy) is 1. The average molecular weight is 204 g/mol. The molecule has 3 N–H and O–H groups in total. The smallest absolute Gasteiger partial charge is 0.111 e. The lowest BCUT2D eigenvalue weighted by Gasteiger charge is -2.38. The number of rotatable bonds is 1. The van der Waals surface area contributed by atoms with Crippen molar-refractivity contribution in [2.75, 3.05) is 6.61 Å². The number of aliphatic hydroxyl groups excluding tert-OH is 3. The van der Waals surface area contributed by atoms with Gasteiger partial charge in [-0.15, -0.1) is 0 Å². The van der Waals surface area contributed by atoms with Crippen molar-refractivity contribution in [1.82, 2.24) is 0 Å². The van der Waals surface area contributed by atoms with E-state index in [9.17, 15) is 15.3 Å². The standard InChI is InChI=1S/C10H20O4/c1-10(2,3)4-7-9(13)8(12)6(11)5-14-7/h6-9,11-13H,4-5H2,1-3H3. The predicted octanol–water partition coefficient (Wildman–Crippen LogP) is -0.0959. The lowest BCUT2D eigenvalue weighted by molar-refractivity contribution is -0.193. The number of hydrogen-bond donors (Lipinski definition) is 3. The fourth-order valence-electron chi connectivity index (χ4n) is 1.65. The van der Waals surface area contributed by atoms with Crippen molar-refractivity contribution in [3.63, 3.8) is 0 Å². The molecular weight excluding hydrogens is 184 g/mol. The molecule has 0 radical (unpaired) electrons. The van der Waals surface area contributed by atoms with Crippen LogP contribution in [-0.4, -0.2) is 46.3 Å². The molecule has 1 aliphatic rings. The maximum absolute atomic E-state index is 9.64. The topological polar surface area (TPSA) is 69.9 Å². The van der Waals surface area contributed by atoms with E-state index in [0.29, 0.717) is 6.42 Å². The van der Waals surface area contributed by atoms with E-state index in [-0.39, 0.29) is 18.1 Å². The van der Waals surface area contributed by atoms with Gasteiger partial charge in [0.25, 0.3) is 0 Å². The molecule has 4 atom stereocenters. The second kappa shape index (κ2) is 4.14. The van der Waals surface area contributed by atoms with Gasteiger partial charge in [0.1, 0.15) is 18.3 Å². The molecule has 1 saturated heterocycles. The molecule has 0 amide bonds. The van der Waals surface area contributed by atoms with Gasteiger partial charge >= 0.3 is 0 Å². The van der Waals surface area contributed by atoms with E-state index in [1.807, 2.05) is 20.8 Å². The minimum Gasteiger partial charge on any atom is -0.388 e. The van der Waals surface area contributed by atoms with Gasteiger partial charge in [0.05, 0.1) is 12.7 Å². The Balaban J connectivity index is 2.55. The number of aliphatic hydroxyl groups is 3. The summed E-state index contributed by atoms with van der Waals surface area (Å²) in [6.07, 6.45) is -2.76. The molecule has 84 valence electrons. The van der Waals surface area contributed by atoms with Crippen LogP contribution in [0.1, 0.15) is 27.2 Å². The van der Waals surface area contributed by atoms with Crippen LogP contribution in [0, 0.1) is 5.41 Å². The Labute approximate surface area is 84.5 Å². The van der Waals surface area contributed by atoms with E-state index in [2.05, 4.69) is 0 Å². The molecule has 0 aromatic carbocycles. The highest BCUT2D eigenvalue weighted by atomic mass is 16.5. The van der Waals surface area contributed by atoms with E-state index in [1.54, 1.807) is 0 Å². The Hall–Kier alpha value is -0.160.